The minimum Gasteiger partial charge on any atom is -0.123 e. The molecule has 0 saturated heterocycles. The molecule has 0 bridgehead atoms. The molecular formula is C14H27Cl. The summed E-state index contributed by atoms with van der Waals surface area (Å²) >= 11 is 6.29. The van der Waals surface area contributed by atoms with Crippen LogP contribution in [-0.4, -0.2) is 5.38 Å². The molecule has 1 saturated carbocycles. The normalized spacial score (nSPS) is 33.2. The summed E-state index contributed by atoms with van der Waals surface area (Å²) in [6.45, 7) is 6.99. The molecule has 4 unspecified atom stereocenters. The van der Waals surface area contributed by atoms with Gasteiger partial charge in [-0.1, -0.05) is 46.5 Å². The van der Waals surface area contributed by atoms with Gasteiger partial charge in [-0.3, -0.25) is 0 Å². The third-order valence-corrected chi connectivity index (χ3v) is 4.92. The van der Waals surface area contributed by atoms with Crippen LogP contribution in [0.3, 0.4) is 0 Å². The van der Waals surface area contributed by atoms with Crippen molar-refractivity contribution >= 4 is 11.6 Å². The topological polar surface area (TPSA) is 0 Å². The lowest BCUT2D eigenvalue weighted by atomic mass is 9.84. The zero-order chi connectivity index (χ0) is 11.3. The van der Waals surface area contributed by atoms with Crippen LogP contribution in [0.15, 0.2) is 0 Å². The minimum atomic E-state index is 0.457. The lowest BCUT2D eigenvalue weighted by Gasteiger charge is -2.23. The minimum absolute atomic E-state index is 0.457. The van der Waals surface area contributed by atoms with Gasteiger partial charge in [0.05, 0.1) is 0 Å². The van der Waals surface area contributed by atoms with Crippen LogP contribution < -0.4 is 0 Å². The van der Waals surface area contributed by atoms with E-state index in [1.807, 2.05) is 0 Å². The van der Waals surface area contributed by atoms with Crippen LogP contribution in [0, 0.1) is 17.8 Å². The van der Waals surface area contributed by atoms with Crippen LogP contribution in [0.2, 0.25) is 0 Å². The van der Waals surface area contributed by atoms with E-state index in [9.17, 15) is 0 Å². The molecule has 0 heterocycles. The lowest BCUT2D eigenvalue weighted by molar-refractivity contribution is 0.296. The van der Waals surface area contributed by atoms with Gasteiger partial charge in [0.25, 0.3) is 0 Å². The van der Waals surface area contributed by atoms with Crippen molar-refractivity contribution in [2.75, 3.05) is 0 Å². The van der Waals surface area contributed by atoms with E-state index in [1.54, 1.807) is 0 Å². The van der Waals surface area contributed by atoms with E-state index in [-0.39, 0.29) is 0 Å². The van der Waals surface area contributed by atoms with E-state index < -0.39 is 0 Å². The summed E-state index contributed by atoms with van der Waals surface area (Å²) in [5.41, 5.74) is 0. The SMILES string of the molecule is CCCCC(CC)CC1CCC(Cl)C1C. The fourth-order valence-electron chi connectivity index (χ4n) is 2.94. The Kier molecular flexibility index (Phi) is 6.04. The van der Waals surface area contributed by atoms with Crippen LogP contribution in [0.1, 0.15) is 65.7 Å². The molecule has 0 aliphatic heterocycles. The molecule has 0 aromatic carbocycles. The van der Waals surface area contributed by atoms with Crippen molar-refractivity contribution in [2.45, 2.75) is 71.1 Å². The van der Waals surface area contributed by atoms with Gasteiger partial charge in [-0.05, 0) is 37.0 Å². The first-order valence-corrected chi connectivity index (χ1v) is 7.26. The average Bonchev–Trinajstić information content (AvgIpc) is 2.55. The van der Waals surface area contributed by atoms with Crippen molar-refractivity contribution < 1.29 is 0 Å². The zero-order valence-corrected chi connectivity index (χ0v) is 11.4. The largest absolute Gasteiger partial charge is 0.123 e. The van der Waals surface area contributed by atoms with Gasteiger partial charge in [0, 0.05) is 5.38 Å². The van der Waals surface area contributed by atoms with E-state index in [1.165, 1.54) is 44.9 Å². The van der Waals surface area contributed by atoms with Crippen molar-refractivity contribution in [3.8, 4) is 0 Å². The summed E-state index contributed by atoms with van der Waals surface area (Å²) in [5.74, 6) is 2.62. The van der Waals surface area contributed by atoms with Crippen molar-refractivity contribution in [3.63, 3.8) is 0 Å². The summed E-state index contributed by atoms with van der Waals surface area (Å²) in [5, 5.41) is 0.457. The summed E-state index contributed by atoms with van der Waals surface area (Å²) in [7, 11) is 0. The number of hydrogen-bond acceptors (Lipinski definition) is 0. The van der Waals surface area contributed by atoms with Gasteiger partial charge >= 0.3 is 0 Å². The first-order valence-electron chi connectivity index (χ1n) is 6.83. The summed E-state index contributed by atoms with van der Waals surface area (Å²) in [6.07, 6.45) is 9.59. The van der Waals surface area contributed by atoms with E-state index in [4.69, 9.17) is 11.6 Å². The molecule has 0 radical (unpaired) electrons. The Morgan fingerprint density at radius 3 is 2.47 bits per heavy atom. The highest BCUT2D eigenvalue weighted by Crippen LogP contribution is 2.40. The second kappa shape index (κ2) is 6.78. The summed E-state index contributed by atoms with van der Waals surface area (Å²) in [6, 6.07) is 0. The molecule has 0 nitrogen and oxygen atoms in total. The predicted molar refractivity (Wildman–Crippen MR) is 69.5 cm³/mol. The van der Waals surface area contributed by atoms with Crippen molar-refractivity contribution in [3.05, 3.63) is 0 Å². The fraction of sp³-hybridized carbons (Fsp3) is 1.00. The quantitative estimate of drug-likeness (QED) is 0.547. The number of hydrogen-bond donors (Lipinski definition) is 0. The number of halogens is 1. The predicted octanol–water partition coefficient (Wildman–Crippen LogP) is 5.25. The monoisotopic (exact) mass is 230 g/mol. The molecule has 0 amide bonds. The Hall–Kier alpha value is 0.290. The molecule has 15 heavy (non-hydrogen) atoms. The van der Waals surface area contributed by atoms with E-state index in [0.717, 1.165) is 17.8 Å². The van der Waals surface area contributed by atoms with Gasteiger partial charge in [0.2, 0.25) is 0 Å². The van der Waals surface area contributed by atoms with Crippen LogP contribution in [0.5, 0.6) is 0 Å². The summed E-state index contributed by atoms with van der Waals surface area (Å²) in [4.78, 5) is 0. The van der Waals surface area contributed by atoms with Crippen LogP contribution >= 0.6 is 11.6 Å². The fourth-order valence-corrected chi connectivity index (χ4v) is 3.27. The van der Waals surface area contributed by atoms with Gasteiger partial charge in [-0.2, -0.15) is 0 Å². The smallest absolute Gasteiger partial charge is 0.0364 e. The Morgan fingerprint density at radius 1 is 1.27 bits per heavy atom. The maximum Gasteiger partial charge on any atom is 0.0364 e. The molecule has 1 rings (SSSR count). The Balaban J connectivity index is 2.31. The highest BCUT2D eigenvalue weighted by Gasteiger charge is 2.32. The molecule has 4 atom stereocenters. The lowest BCUT2D eigenvalue weighted by Crippen LogP contribution is -2.15. The standard InChI is InChI=1S/C14H27Cl/c1-4-6-7-12(5-2)10-13-8-9-14(15)11(13)3/h11-14H,4-10H2,1-3H3. The van der Waals surface area contributed by atoms with E-state index in [0.29, 0.717) is 5.38 Å². The molecule has 1 aliphatic carbocycles. The van der Waals surface area contributed by atoms with Crippen LogP contribution in [-0.2, 0) is 0 Å². The second-order valence-corrected chi connectivity index (χ2v) is 5.93. The van der Waals surface area contributed by atoms with Gasteiger partial charge in [-0.25, -0.2) is 0 Å². The Morgan fingerprint density at radius 2 is 2.00 bits per heavy atom. The molecule has 0 aromatic heterocycles. The van der Waals surface area contributed by atoms with Gasteiger partial charge in [-0.15, -0.1) is 11.6 Å². The molecule has 1 fully saturated rings. The van der Waals surface area contributed by atoms with Crippen molar-refractivity contribution in [1.82, 2.24) is 0 Å². The second-order valence-electron chi connectivity index (χ2n) is 5.36. The highest BCUT2D eigenvalue weighted by atomic mass is 35.5. The van der Waals surface area contributed by atoms with Gasteiger partial charge < -0.3 is 0 Å². The third-order valence-electron chi connectivity index (χ3n) is 4.31. The highest BCUT2D eigenvalue weighted by molar-refractivity contribution is 6.20. The first-order chi connectivity index (χ1) is 7.19. The maximum absolute atomic E-state index is 6.29. The number of rotatable bonds is 6. The van der Waals surface area contributed by atoms with Crippen LogP contribution in [0.25, 0.3) is 0 Å². The van der Waals surface area contributed by atoms with E-state index >= 15 is 0 Å². The molecule has 0 aromatic rings. The number of unbranched alkanes of at least 4 members (excludes halogenated alkanes) is 1. The molecular weight excluding hydrogens is 204 g/mol. The maximum atomic E-state index is 6.29. The molecule has 0 spiro atoms. The number of alkyl halides is 1. The Bertz CT molecular complexity index is 167. The van der Waals surface area contributed by atoms with Crippen molar-refractivity contribution in [2.24, 2.45) is 17.8 Å². The van der Waals surface area contributed by atoms with E-state index in [2.05, 4.69) is 20.8 Å². The third kappa shape index (κ3) is 3.98. The Labute approximate surface area is 101 Å². The molecule has 1 aliphatic rings. The molecule has 0 N–H and O–H groups in total. The van der Waals surface area contributed by atoms with Crippen LogP contribution in [0.4, 0.5) is 0 Å². The van der Waals surface area contributed by atoms with Gasteiger partial charge in [0.1, 0.15) is 0 Å². The van der Waals surface area contributed by atoms with Gasteiger partial charge in [0.15, 0.2) is 0 Å². The zero-order valence-electron chi connectivity index (χ0n) is 10.6. The molecule has 90 valence electrons. The van der Waals surface area contributed by atoms with Crippen molar-refractivity contribution in [1.29, 1.82) is 0 Å². The summed E-state index contributed by atoms with van der Waals surface area (Å²) < 4.78 is 0. The first kappa shape index (κ1) is 13.4. The average molecular weight is 231 g/mol. The molecule has 1 heteroatoms.